The lowest BCUT2D eigenvalue weighted by Gasteiger charge is -2.41. The fraction of sp³-hybridized carbons (Fsp3) is 0.261. The first kappa shape index (κ1) is 20.9. The van der Waals surface area contributed by atoms with Gasteiger partial charge in [-0.15, -0.1) is 0 Å². The quantitative estimate of drug-likeness (QED) is 0.642. The van der Waals surface area contributed by atoms with E-state index in [1.807, 2.05) is 47.0 Å². The Morgan fingerprint density at radius 2 is 1.81 bits per heavy atom. The fourth-order valence-corrected chi connectivity index (χ4v) is 3.93. The molecule has 3 amide bonds. The summed E-state index contributed by atoms with van der Waals surface area (Å²) in [6.45, 7) is 2.17. The Labute approximate surface area is 185 Å². The second-order valence-electron chi connectivity index (χ2n) is 7.90. The van der Waals surface area contributed by atoms with Gasteiger partial charge in [0.2, 0.25) is 11.8 Å². The van der Waals surface area contributed by atoms with Gasteiger partial charge in [0.25, 0.3) is 5.91 Å². The van der Waals surface area contributed by atoms with Crippen molar-refractivity contribution in [2.24, 2.45) is 0 Å². The number of benzene rings is 2. The van der Waals surface area contributed by atoms with Gasteiger partial charge >= 0.3 is 0 Å². The number of nitrogens with one attached hydrogen (secondary N) is 2. The molecule has 160 valence electrons. The Morgan fingerprint density at radius 1 is 1.10 bits per heavy atom. The number of likely N-dealkylation sites (N-methyl/N-ethyl adjacent to an activating group) is 1. The third-order valence-corrected chi connectivity index (χ3v) is 6.09. The third kappa shape index (κ3) is 3.88. The largest absolute Gasteiger partial charge is 0.350 e. The van der Waals surface area contributed by atoms with Crippen LogP contribution in [0.3, 0.4) is 0 Å². The van der Waals surface area contributed by atoms with Crippen LogP contribution in [0.1, 0.15) is 23.0 Å². The van der Waals surface area contributed by atoms with Crippen LogP contribution in [-0.4, -0.2) is 46.3 Å². The van der Waals surface area contributed by atoms with Gasteiger partial charge in [0.15, 0.2) is 0 Å². The topological polar surface area (TPSA) is 83.4 Å². The highest BCUT2D eigenvalue weighted by Gasteiger charge is 2.45. The molecule has 8 heteroatoms. The number of carbonyl (C=O) groups is 3. The fourth-order valence-electron chi connectivity index (χ4n) is 3.81. The molecule has 0 aliphatic carbocycles. The van der Waals surface area contributed by atoms with Gasteiger partial charge in [0.1, 0.15) is 11.2 Å². The molecule has 0 radical (unpaired) electrons. The molecule has 2 heterocycles. The van der Waals surface area contributed by atoms with Gasteiger partial charge in [-0.2, -0.15) is 0 Å². The SMILES string of the molecule is CN1C(=O)c2cc3ccccc3n2C[C@]1(C)C(=O)NCC(=O)NCc1ccc(Cl)cc1. The molecule has 7 nitrogen and oxygen atoms in total. The molecule has 0 saturated carbocycles. The van der Waals surface area contributed by atoms with Crippen molar-refractivity contribution in [3.05, 3.63) is 70.9 Å². The average molecular weight is 439 g/mol. The molecule has 2 N–H and O–H groups in total. The van der Waals surface area contributed by atoms with Crippen LogP contribution < -0.4 is 10.6 Å². The highest BCUT2D eigenvalue weighted by Crippen LogP contribution is 2.31. The van der Waals surface area contributed by atoms with E-state index in [0.29, 0.717) is 23.8 Å². The minimum Gasteiger partial charge on any atom is -0.350 e. The van der Waals surface area contributed by atoms with Gasteiger partial charge in [-0.3, -0.25) is 14.4 Å². The first-order valence-corrected chi connectivity index (χ1v) is 10.3. The molecule has 0 saturated heterocycles. The van der Waals surface area contributed by atoms with Crippen molar-refractivity contribution in [3.63, 3.8) is 0 Å². The summed E-state index contributed by atoms with van der Waals surface area (Å²) < 4.78 is 1.87. The highest BCUT2D eigenvalue weighted by atomic mass is 35.5. The number of aromatic nitrogens is 1. The van der Waals surface area contributed by atoms with Crippen molar-refractivity contribution in [1.29, 1.82) is 0 Å². The van der Waals surface area contributed by atoms with E-state index >= 15 is 0 Å². The normalized spacial score (nSPS) is 18.0. The van der Waals surface area contributed by atoms with E-state index in [-0.39, 0.29) is 24.3 Å². The van der Waals surface area contributed by atoms with Crippen LogP contribution in [0.4, 0.5) is 0 Å². The summed E-state index contributed by atoms with van der Waals surface area (Å²) in [5.41, 5.74) is 1.23. The van der Waals surface area contributed by atoms with Crippen LogP contribution >= 0.6 is 11.6 Å². The summed E-state index contributed by atoms with van der Waals surface area (Å²) in [5, 5.41) is 7.02. The maximum atomic E-state index is 13.0. The molecule has 1 atom stereocenters. The standard InChI is InChI=1S/C23H23ClN4O3/c1-23(22(31)26-13-20(29)25-12-15-7-9-17(24)10-8-15)14-28-18-6-4-3-5-16(18)11-19(28)21(30)27(23)2/h3-11H,12-14H2,1-2H3,(H,25,29)(H,26,31)/t23-/m1/s1. The van der Waals surface area contributed by atoms with Crippen molar-refractivity contribution in [2.45, 2.75) is 25.6 Å². The van der Waals surface area contributed by atoms with Gasteiger partial charge in [0.05, 0.1) is 13.1 Å². The van der Waals surface area contributed by atoms with Gasteiger partial charge in [-0.25, -0.2) is 0 Å². The van der Waals surface area contributed by atoms with E-state index in [4.69, 9.17) is 11.6 Å². The number of halogens is 1. The van der Waals surface area contributed by atoms with E-state index in [1.165, 1.54) is 4.90 Å². The van der Waals surface area contributed by atoms with Crippen LogP contribution in [0.15, 0.2) is 54.6 Å². The molecule has 1 aliphatic rings. The Hall–Kier alpha value is -3.32. The van der Waals surface area contributed by atoms with E-state index in [1.54, 1.807) is 26.1 Å². The molecule has 0 unspecified atom stereocenters. The van der Waals surface area contributed by atoms with Crippen molar-refractivity contribution >= 4 is 40.2 Å². The smallest absolute Gasteiger partial charge is 0.271 e. The third-order valence-electron chi connectivity index (χ3n) is 5.84. The van der Waals surface area contributed by atoms with E-state index in [9.17, 15) is 14.4 Å². The zero-order chi connectivity index (χ0) is 22.2. The number of fused-ring (bicyclic) bond motifs is 3. The molecular weight excluding hydrogens is 416 g/mol. The second kappa shape index (κ2) is 8.07. The maximum absolute atomic E-state index is 13.0. The van der Waals surface area contributed by atoms with E-state index < -0.39 is 5.54 Å². The summed E-state index contributed by atoms with van der Waals surface area (Å²) in [7, 11) is 1.61. The van der Waals surface area contributed by atoms with Crippen LogP contribution in [0.25, 0.3) is 10.9 Å². The van der Waals surface area contributed by atoms with Gasteiger partial charge in [0, 0.05) is 29.5 Å². The zero-order valence-electron chi connectivity index (χ0n) is 17.3. The Morgan fingerprint density at radius 3 is 2.55 bits per heavy atom. The van der Waals surface area contributed by atoms with Crippen LogP contribution in [0.2, 0.25) is 5.02 Å². The van der Waals surface area contributed by atoms with Crippen molar-refractivity contribution in [1.82, 2.24) is 20.1 Å². The summed E-state index contributed by atoms with van der Waals surface area (Å²) in [4.78, 5) is 39.7. The maximum Gasteiger partial charge on any atom is 0.271 e. The van der Waals surface area contributed by atoms with Gasteiger partial charge < -0.3 is 20.1 Å². The number of hydrogen-bond acceptors (Lipinski definition) is 3. The number of para-hydroxylation sites is 1. The number of hydrogen-bond donors (Lipinski definition) is 2. The zero-order valence-corrected chi connectivity index (χ0v) is 18.1. The van der Waals surface area contributed by atoms with Crippen LogP contribution in [0.5, 0.6) is 0 Å². The van der Waals surface area contributed by atoms with E-state index in [2.05, 4.69) is 10.6 Å². The lowest BCUT2D eigenvalue weighted by atomic mass is 9.95. The number of rotatable bonds is 5. The number of amides is 3. The minimum absolute atomic E-state index is 0.177. The average Bonchev–Trinajstić information content (AvgIpc) is 3.14. The first-order chi connectivity index (χ1) is 14.8. The van der Waals surface area contributed by atoms with Gasteiger partial charge in [-0.1, -0.05) is 41.9 Å². The Bertz CT molecular complexity index is 1170. The highest BCUT2D eigenvalue weighted by molar-refractivity contribution is 6.30. The molecule has 31 heavy (non-hydrogen) atoms. The predicted octanol–water partition coefficient (Wildman–Crippen LogP) is 2.57. The van der Waals surface area contributed by atoms with Crippen molar-refractivity contribution in [3.8, 4) is 0 Å². The molecule has 0 fully saturated rings. The molecular formula is C23H23ClN4O3. The van der Waals surface area contributed by atoms with Crippen LogP contribution in [0, 0.1) is 0 Å². The molecule has 4 rings (SSSR count). The van der Waals surface area contributed by atoms with Crippen LogP contribution in [-0.2, 0) is 22.7 Å². The molecule has 0 bridgehead atoms. The first-order valence-electron chi connectivity index (χ1n) is 9.95. The molecule has 1 aliphatic heterocycles. The van der Waals surface area contributed by atoms with Crippen molar-refractivity contribution in [2.75, 3.05) is 13.6 Å². The summed E-state index contributed by atoms with van der Waals surface area (Å²) in [6, 6.07) is 16.7. The number of nitrogens with zero attached hydrogens (tertiary/aromatic N) is 2. The molecule has 3 aromatic rings. The summed E-state index contributed by atoms with van der Waals surface area (Å²) >= 11 is 5.86. The second-order valence-corrected chi connectivity index (χ2v) is 8.33. The van der Waals surface area contributed by atoms with Crippen molar-refractivity contribution < 1.29 is 14.4 Å². The molecule has 2 aromatic carbocycles. The summed E-state index contributed by atoms with van der Waals surface area (Å²) in [6.07, 6.45) is 0. The Balaban J connectivity index is 1.43. The predicted molar refractivity (Wildman–Crippen MR) is 119 cm³/mol. The molecule has 0 spiro atoms. The number of carbonyl (C=O) groups excluding carboxylic acids is 3. The monoisotopic (exact) mass is 438 g/mol. The lowest BCUT2D eigenvalue weighted by Crippen LogP contribution is -2.63. The Kier molecular flexibility index (Phi) is 5.45. The minimum atomic E-state index is -1.12. The molecule has 1 aromatic heterocycles. The van der Waals surface area contributed by atoms with Gasteiger partial charge in [-0.05, 0) is 36.8 Å². The summed E-state index contributed by atoms with van der Waals surface area (Å²) in [5.74, 6) is -0.926. The lowest BCUT2D eigenvalue weighted by molar-refractivity contribution is -0.134. The van der Waals surface area contributed by atoms with E-state index in [0.717, 1.165) is 16.5 Å².